The van der Waals surface area contributed by atoms with Crippen molar-refractivity contribution in [2.24, 2.45) is 0 Å². The second kappa shape index (κ2) is 8.35. The van der Waals surface area contributed by atoms with Crippen molar-refractivity contribution in [1.82, 2.24) is 20.3 Å². The van der Waals surface area contributed by atoms with Gasteiger partial charge in [0.2, 0.25) is 11.0 Å². The average molecular weight is 431 g/mol. The number of hydrogen-bond acceptors (Lipinski definition) is 9. The maximum atomic E-state index is 12.2. The van der Waals surface area contributed by atoms with Gasteiger partial charge in [-0.3, -0.25) is 0 Å². The van der Waals surface area contributed by atoms with Gasteiger partial charge in [0.05, 0.1) is 5.25 Å². The third kappa shape index (κ3) is 5.58. The molecule has 7 nitrogen and oxygen atoms in total. The third-order valence-corrected chi connectivity index (χ3v) is 5.36. The lowest BCUT2D eigenvalue weighted by Crippen LogP contribution is -2.16. The van der Waals surface area contributed by atoms with Crippen molar-refractivity contribution >= 4 is 33.9 Å². The summed E-state index contributed by atoms with van der Waals surface area (Å²) < 4.78 is 46.4. The van der Waals surface area contributed by atoms with Gasteiger partial charge in [-0.1, -0.05) is 42.1 Å². The highest BCUT2D eigenvalue weighted by Crippen LogP contribution is 2.37. The summed E-state index contributed by atoms with van der Waals surface area (Å²) in [6.07, 6.45) is -4.72. The predicted octanol–water partition coefficient (Wildman–Crippen LogP) is 5.54. The van der Waals surface area contributed by atoms with E-state index in [1.54, 1.807) is 0 Å². The molecule has 0 saturated heterocycles. The van der Waals surface area contributed by atoms with E-state index in [-0.39, 0.29) is 16.9 Å². The minimum absolute atomic E-state index is 0.0976. The van der Waals surface area contributed by atoms with Gasteiger partial charge < -0.3 is 14.6 Å². The second-order valence-electron chi connectivity index (χ2n) is 5.98. The summed E-state index contributed by atoms with van der Waals surface area (Å²) in [5.74, 6) is 1.05. The van der Waals surface area contributed by atoms with E-state index in [2.05, 4.69) is 30.4 Å². The van der Waals surface area contributed by atoms with Crippen molar-refractivity contribution in [3.63, 3.8) is 0 Å². The van der Waals surface area contributed by atoms with Crippen LogP contribution in [-0.2, 0) is 0 Å². The van der Waals surface area contributed by atoms with Gasteiger partial charge in [-0.05, 0) is 31.2 Å². The van der Waals surface area contributed by atoms with E-state index in [1.165, 1.54) is 47.4 Å². The zero-order valence-corrected chi connectivity index (χ0v) is 16.7. The van der Waals surface area contributed by atoms with Crippen LogP contribution in [0.4, 0.5) is 24.0 Å². The maximum absolute atomic E-state index is 12.2. The number of halogens is 3. The van der Waals surface area contributed by atoms with E-state index < -0.39 is 6.36 Å². The summed E-state index contributed by atoms with van der Waals surface area (Å²) in [6.45, 7) is 5.89. The fourth-order valence-corrected chi connectivity index (χ4v) is 3.97. The predicted molar refractivity (Wildman–Crippen MR) is 99.0 cm³/mol. The van der Waals surface area contributed by atoms with Crippen molar-refractivity contribution in [1.29, 1.82) is 0 Å². The molecule has 150 valence electrons. The number of thioether (sulfide) groups is 1. The van der Waals surface area contributed by atoms with Gasteiger partial charge in [0.1, 0.15) is 5.75 Å². The van der Waals surface area contributed by atoms with Crippen molar-refractivity contribution in [2.75, 3.05) is 5.32 Å². The second-order valence-corrected chi connectivity index (χ2v) is 8.54. The van der Waals surface area contributed by atoms with E-state index in [9.17, 15) is 13.2 Å². The quantitative estimate of drug-likeness (QED) is 0.488. The summed E-state index contributed by atoms with van der Waals surface area (Å²) in [5, 5.41) is 15.5. The molecule has 2 heterocycles. The topological polar surface area (TPSA) is 86.0 Å². The first kappa shape index (κ1) is 20.4. The highest BCUT2D eigenvalue weighted by atomic mass is 32.2. The Bertz CT molecular complexity index is 912. The molecule has 3 rings (SSSR count). The number of rotatable bonds is 7. The van der Waals surface area contributed by atoms with Gasteiger partial charge >= 0.3 is 6.36 Å². The Morgan fingerprint density at radius 1 is 1.14 bits per heavy atom. The smallest absolute Gasteiger partial charge is 0.406 e. The molecule has 0 saturated carbocycles. The van der Waals surface area contributed by atoms with Crippen molar-refractivity contribution in [2.45, 2.75) is 42.6 Å². The fourth-order valence-electron chi connectivity index (χ4n) is 2.02. The largest absolute Gasteiger partial charge is 0.573 e. The van der Waals surface area contributed by atoms with Crippen LogP contribution in [0.1, 0.15) is 43.7 Å². The summed E-state index contributed by atoms with van der Waals surface area (Å²) in [6, 6.07) is 5.36. The molecule has 3 aromatic rings. The molecule has 0 bridgehead atoms. The molecule has 0 aliphatic carbocycles. The third-order valence-electron chi connectivity index (χ3n) is 3.34. The van der Waals surface area contributed by atoms with Crippen LogP contribution < -0.4 is 10.1 Å². The molecule has 0 amide bonds. The fraction of sp³-hybridized carbons (Fsp3) is 0.375. The molecule has 0 spiro atoms. The minimum atomic E-state index is -4.72. The zero-order chi connectivity index (χ0) is 20.3. The Morgan fingerprint density at radius 2 is 1.86 bits per heavy atom. The standard InChI is InChI=1S/C16H16F3N5O2S2/c1-8(2)12-21-13(26-24-12)9(3)27-15-23-22-14(28-15)20-10-4-6-11(7-5-10)25-16(17,18)19/h4-9H,1-3H3,(H,20,22). The minimum Gasteiger partial charge on any atom is -0.406 e. The molecule has 0 aliphatic rings. The lowest BCUT2D eigenvalue weighted by atomic mass is 10.2. The number of hydrogen-bond donors (Lipinski definition) is 1. The number of alkyl halides is 3. The van der Waals surface area contributed by atoms with E-state index in [4.69, 9.17) is 4.52 Å². The summed E-state index contributed by atoms with van der Waals surface area (Å²) in [7, 11) is 0. The number of aromatic nitrogens is 4. The number of anilines is 2. The van der Waals surface area contributed by atoms with Crippen molar-refractivity contribution in [3.8, 4) is 5.75 Å². The Morgan fingerprint density at radius 3 is 2.46 bits per heavy atom. The monoisotopic (exact) mass is 431 g/mol. The van der Waals surface area contributed by atoms with Crippen LogP contribution in [0.3, 0.4) is 0 Å². The molecule has 0 aliphatic heterocycles. The van der Waals surface area contributed by atoms with Crippen molar-refractivity contribution < 1.29 is 22.4 Å². The molecule has 1 aromatic carbocycles. The number of nitrogens with zero attached hydrogens (tertiary/aromatic N) is 4. The molecular formula is C16H16F3N5O2S2. The van der Waals surface area contributed by atoms with Crippen LogP contribution in [0.5, 0.6) is 5.75 Å². The molecule has 28 heavy (non-hydrogen) atoms. The summed E-state index contributed by atoms with van der Waals surface area (Å²) in [5.41, 5.74) is 0.564. The number of nitrogens with one attached hydrogen (secondary N) is 1. The van der Waals surface area contributed by atoms with Gasteiger partial charge in [0.15, 0.2) is 10.2 Å². The molecule has 2 aromatic heterocycles. The Hall–Kier alpha value is -2.34. The first-order valence-corrected chi connectivity index (χ1v) is 9.85. The molecule has 12 heteroatoms. The zero-order valence-electron chi connectivity index (χ0n) is 15.0. The molecule has 0 radical (unpaired) electrons. The van der Waals surface area contributed by atoms with Gasteiger partial charge in [0.25, 0.3) is 0 Å². The summed E-state index contributed by atoms with van der Waals surface area (Å²) in [4.78, 5) is 4.36. The van der Waals surface area contributed by atoms with Crippen molar-refractivity contribution in [3.05, 3.63) is 36.0 Å². The van der Waals surface area contributed by atoms with E-state index >= 15 is 0 Å². The number of benzene rings is 1. The molecule has 1 N–H and O–H groups in total. The Balaban J connectivity index is 1.59. The molecule has 0 fully saturated rings. The lowest BCUT2D eigenvalue weighted by molar-refractivity contribution is -0.274. The van der Waals surface area contributed by atoms with Gasteiger partial charge in [0, 0.05) is 11.6 Å². The van der Waals surface area contributed by atoms with E-state index in [0.29, 0.717) is 26.9 Å². The highest BCUT2D eigenvalue weighted by Gasteiger charge is 2.31. The summed E-state index contributed by atoms with van der Waals surface area (Å²) >= 11 is 2.73. The van der Waals surface area contributed by atoms with Gasteiger partial charge in [-0.15, -0.1) is 23.4 Å². The van der Waals surface area contributed by atoms with Crippen LogP contribution in [0.25, 0.3) is 0 Å². The first-order chi connectivity index (χ1) is 13.2. The highest BCUT2D eigenvalue weighted by molar-refractivity contribution is 8.01. The normalized spacial score (nSPS) is 13.0. The molecule has 1 atom stereocenters. The first-order valence-electron chi connectivity index (χ1n) is 8.16. The molecule has 1 unspecified atom stereocenters. The Kier molecular flexibility index (Phi) is 6.08. The van der Waals surface area contributed by atoms with Crippen LogP contribution in [0.2, 0.25) is 0 Å². The molecular weight excluding hydrogens is 415 g/mol. The van der Waals surface area contributed by atoms with Crippen LogP contribution >= 0.6 is 23.1 Å². The maximum Gasteiger partial charge on any atom is 0.573 e. The van der Waals surface area contributed by atoms with Gasteiger partial charge in [-0.2, -0.15) is 4.98 Å². The SMILES string of the molecule is CC(C)c1noc(C(C)Sc2nnc(Nc3ccc(OC(F)(F)F)cc3)s2)n1. The van der Waals surface area contributed by atoms with E-state index in [0.717, 1.165) is 0 Å². The Labute approximate surface area is 166 Å². The van der Waals surface area contributed by atoms with Gasteiger partial charge in [-0.25, -0.2) is 0 Å². The van der Waals surface area contributed by atoms with Crippen LogP contribution in [0.15, 0.2) is 33.1 Å². The van der Waals surface area contributed by atoms with Crippen LogP contribution in [-0.4, -0.2) is 26.7 Å². The average Bonchev–Trinajstić information content (AvgIpc) is 3.25. The lowest BCUT2D eigenvalue weighted by Gasteiger charge is -2.09. The van der Waals surface area contributed by atoms with Crippen LogP contribution in [0, 0.1) is 0 Å². The van der Waals surface area contributed by atoms with E-state index in [1.807, 2.05) is 20.8 Å². The number of ether oxygens (including phenoxy) is 1.